The van der Waals surface area contributed by atoms with Crippen LogP contribution >= 0.6 is 0 Å². The summed E-state index contributed by atoms with van der Waals surface area (Å²) in [5.74, 6) is 0.368. The van der Waals surface area contributed by atoms with E-state index in [9.17, 15) is 9.90 Å². The molecule has 1 aromatic carbocycles. The molecule has 0 saturated carbocycles. The van der Waals surface area contributed by atoms with Crippen LogP contribution < -0.4 is 15.4 Å². The zero-order valence-corrected chi connectivity index (χ0v) is 10.6. The quantitative estimate of drug-likeness (QED) is 0.823. The molecule has 98 valence electrons. The van der Waals surface area contributed by atoms with Gasteiger partial charge in [0.05, 0.1) is 5.69 Å². The van der Waals surface area contributed by atoms with Crippen molar-refractivity contribution in [2.24, 2.45) is 5.73 Å². The number of anilines is 1. The average Bonchev–Trinajstić information content (AvgIpc) is 2.38. The molecule has 1 aliphatic heterocycles. The van der Waals surface area contributed by atoms with Crippen molar-refractivity contribution in [1.82, 2.24) is 0 Å². The number of aliphatic hydroxyl groups excluding tert-OH is 1. The normalized spacial score (nSPS) is 15.3. The SMILES string of the molecule is CC(C)(CN)c1ccc2c(c1)N(CO)C(=O)CO2. The van der Waals surface area contributed by atoms with Crippen LogP contribution in [0.25, 0.3) is 0 Å². The van der Waals surface area contributed by atoms with E-state index >= 15 is 0 Å². The summed E-state index contributed by atoms with van der Waals surface area (Å²) in [4.78, 5) is 12.9. The van der Waals surface area contributed by atoms with Gasteiger partial charge in [0.1, 0.15) is 12.5 Å². The fourth-order valence-electron chi connectivity index (χ4n) is 1.90. The van der Waals surface area contributed by atoms with Gasteiger partial charge in [-0.2, -0.15) is 0 Å². The highest BCUT2D eigenvalue weighted by molar-refractivity contribution is 5.97. The molecule has 1 amide bonds. The fourth-order valence-corrected chi connectivity index (χ4v) is 1.90. The van der Waals surface area contributed by atoms with Gasteiger partial charge in [0, 0.05) is 12.0 Å². The molecule has 0 aromatic heterocycles. The van der Waals surface area contributed by atoms with E-state index in [4.69, 9.17) is 10.5 Å². The molecule has 18 heavy (non-hydrogen) atoms. The number of fused-ring (bicyclic) bond motifs is 1. The molecule has 1 heterocycles. The molecule has 3 N–H and O–H groups in total. The van der Waals surface area contributed by atoms with Gasteiger partial charge < -0.3 is 15.6 Å². The van der Waals surface area contributed by atoms with E-state index in [1.54, 1.807) is 0 Å². The molecule has 0 radical (unpaired) electrons. The van der Waals surface area contributed by atoms with E-state index < -0.39 is 0 Å². The monoisotopic (exact) mass is 250 g/mol. The zero-order chi connectivity index (χ0) is 13.3. The van der Waals surface area contributed by atoms with Gasteiger partial charge in [-0.15, -0.1) is 0 Å². The first kappa shape index (κ1) is 12.9. The lowest BCUT2D eigenvalue weighted by atomic mass is 9.84. The average molecular weight is 250 g/mol. The Bertz CT molecular complexity index is 471. The number of aliphatic hydroxyl groups is 1. The highest BCUT2D eigenvalue weighted by Crippen LogP contribution is 2.35. The van der Waals surface area contributed by atoms with Crippen molar-refractivity contribution in [2.75, 3.05) is 24.8 Å². The fraction of sp³-hybridized carbons (Fsp3) is 0.462. The summed E-state index contributed by atoms with van der Waals surface area (Å²) in [7, 11) is 0. The van der Waals surface area contributed by atoms with E-state index in [1.165, 1.54) is 4.90 Å². The van der Waals surface area contributed by atoms with Gasteiger partial charge in [0.2, 0.25) is 0 Å². The van der Waals surface area contributed by atoms with E-state index in [0.717, 1.165) is 5.56 Å². The van der Waals surface area contributed by atoms with E-state index in [2.05, 4.69) is 0 Å². The van der Waals surface area contributed by atoms with Gasteiger partial charge in [-0.1, -0.05) is 19.9 Å². The summed E-state index contributed by atoms with van der Waals surface area (Å²) < 4.78 is 5.34. The minimum atomic E-state index is -0.346. The third kappa shape index (κ3) is 2.07. The maximum atomic E-state index is 11.6. The first-order chi connectivity index (χ1) is 8.49. The minimum absolute atomic E-state index is 0.0345. The highest BCUT2D eigenvalue weighted by Gasteiger charge is 2.27. The number of nitrogens with zero attached hydrogens (tertiary/aromatic N) is 1. The van der Waals surface area contributed by atoms with E-state index in [1.807, 2.05) is 32.0 Å². The topological polar surface area (TPSA) is 75.8 Å². The second kappa shape index (κ2) is 4.59. The van der Waals surface area contributed by atoms with Crippen molar-refractivity contribution in [3.63, 3.8) is 0 Å². The molecular weight excluding hydrogens is 232 g/mol. The summed E-state index contributed by atoms with van der Waals surface area (Å²) in [6.45, 7) is 4.18. The molecule has 5 nitrogen and oxygen atoms in total. The third-order valence-corrected chi connectivity index (χ3v) is 3.34. The van der Waals surface area contributed by atoms with Crippen molar-refractivity contribution >= 4 is 11.6 Å². The number of benzene rings is 1. The lowest BCUT2D eigenvalue weighted by Crippen LogP contribution is -2.39. The Morgan fingerprint density at radius 1 is 1.50 bits per heavy atom. The van der Waals surface area contributed by atoms with E-state index in [-0.39, 0.29) is 24.7 Å². The van der Waals surface area contributed by atoms with Crippen LogP contribution in [0.2, 0.25) is 0 Å². The second-order valence-corrected chi connectivity index (χ2v) is 5.02. The van der Waals surface area contributed by atoms with Crippen LogP contribution in [-0.2, 0) is 10.2 Å². The molecule has 1 aromatic rings. The molecule has 0 atom stereocenters. The van der Waals surface area contributed by atoms with Crippen LogP contribution in [0.5, 0.6) is 5.75 Å². The summed E-state index contributed by atoms with van der Waals surface area (Å²) >= 11 is 0. The molecule has 0 saturated heterocycles. The molecule has 1 aliphatic rings. The Balaban J connectivity index is 2.47. The van der Waals surface area contributed by atoms with Crippen LogP contribution in [0.1, 0.15) is 19.4 Å². The summed E-state index contributed by atoms with van der Waals surface area (Å²) in [6, 6.07) is 5.61. The molecule has 0 aliphatic carbocycles. The standard InChI is InChI=1S/C13H18N2O3/c1-13(2,7-14)9-3-4-11-10(5-9)15(8-16)12(17)6-18-11/h3-5,16H,6-8,14H2,1-2H3. The number of amides is 1. The first-order valence-corrected chi connectivity index (χ1v) is 5.88. The van der Waals surface area contributed by atoms with Crippen LogP contribution in [0.3, 0.4) is 0 Å². The predicted octanol–water partition coefficient (Wildman–Crippen LogP) is 0.598. The minimum Gasteiger partial charge on any atom is -0.482 e. The highest BCUT2D eigenvalue weighted by atomic mass is 16.5. The number of hydrogen-bond acceptors (Lipinski definition) is 4. The summed E-state index contributed by atoms with van der Waals surface area (Å²) in [5, 5.41) is 9.28. The van der Waals surface area contributed by atoms with Crippen molar-refractivity contribution in [3.05, 3.63) is 23.8 Å². The lowest BCUT2D eigenvalue weighted by Gasteiger charge is -2.30. The van der Waals surface area contributed by atoms with Crippen molar-refractivity contribution in [3.8, 4) is 5.75 Å². The Labute approximate surface area is 106 Å². The molecule has 0 bridgehead atoms. The number of rotatable bonds is 3. The molecule has 0 unspecified atom stereocenters. The molecule has 2 rings (SSSR count). The van der Waals surface area contributed by atoms with Crippen LogP contribution in [-0.4, -0.2) is 30.9 Å². The van der Waals surface area contributed by atoms with E-state index in [0.29, 0.717) is 18.0 Å². The molecule has 0 spiro atoms. The Morgan fingerprint density at radius 2 is 2.22 bits per heavy atom. The van der Waals surface area contributed by atoms with Gasteiger partial charge in [0.25, 0.3) is 5.91 Å². The Hall–Kier alpha value is -1.59. The lowest BCUT2D eigenvalue weighted by molar-refractivity contribution is -0.122. The Morgan fingerprint density at radius 3 is 2.83 bits per heavy atom. The Kier molecular flexibility index (Phi) is 3.28. The molecule has 0 fully saturated rings. The van der Waals surface area contributed by atoms with Crippen LogP contribution in [0, 0.1) is 0 Å². The van der Waals surface area contributed by atoms with Gasteiger partial charge in [0.15, 0.2) is 6.61 Å². The maximum Gasteiger partial charge on any atom is 0.266 e. The number of carbonyl (C=O) groups excluding carboxylic acids is 1. The number of ether oxygens (including phenoxy) is 1. The molecule has 5 heteroatoms. The largest absolute Gasteiger partial charge is 0.482 e. The first-order valence-electron chi connectivity index (χ1n) is 5.88. The number of nitrogens with two attached hydrogens (primary N) is 1. The maximum absolute atomic E-state index is 11.6. The van der Waals surface area contributed by atoms with Gasteiger partial charge >= 0.3 is 0 Å². The van der Waals surface area contributed by atoms with Crippen molar-refractivity contribution in [1.29, 1.82) is 0 Å². The second-order valence-electron chi connectivity index (χ2n) is 5.02. The van der Waals surface area contributed by atoms with Gasteiger partial charge in [-0.25, -0.2) is 0 Å². The number of carbonyl (C=O) groups is 1. The van der Waals surface area contributed by atoms with Crippen molar-refractivity contribution in [2.45, 2.75) is 19.3 Å². The predicted molar refractivity (Wildman–Crippen MR) is 68.6 cm³/mol. The smallest absolute Gasteiger partial charge is 0.266 e. The summed E-state index contributed by atoms with van der Waals surface area (Å²) in [5.41, 5.74) is 7.18. The number of hydrogen-bond donors (Lipinski definition) is 2. The van der Waals surface area contributed by atoms with Crippen molar-refractivity contribution < 1.29 is 14.6 Å². The van der Waals surface area contributed by atoms with Crippen LogP contribution in [0.4, 0.5) is 5.69 Å². The van der Waals surface area contributed by atoms with Crippen LogP contribution in [0.15, 0.2) is 18.2 Å². The van der Waals surface area contributed by atoms with Gasteiger partial charge in [-0.05, 0) is 17.7 Å². The third-order valence-electron chi connectivity index (χ3n) is 3.34. The summed E-state index contributed by atoms with van der Waals surface area (Å²) in [6.07, 6.45) is 0. The van der Waals surface area contributed by atoms with Gasteiger partial charge in [-0.3, -0.25) is 9.69 Å². The molecular formula is C13H18N2O3. The zero-order valence-electron chi connectivity index (χ0n) is 10.6.